The molecule has 0 aliphatic rings. The fraction of sp³-hybridized carbons (Fsp3) is 0.200. The van der Waals surface area contributed by atoms with Gasteiger partial charge in [0.15, 0.2) is 11.5 Å². The fourth-order valence-corrected chi connectivity index (χ4v) is 1.95. The molecule has 2 aromatic carbocycles. The summed E-state index contributed by atoms with van der Waals surface area (Å²) in [5.74, 6) is 2.13. The van der Waals surface area contributed by atoms with E-state index in [1.807, 2.05) is 36.4 Å². The van der Waals surface area contributed by atoms with Crippen molar-refractivity contribution in [2.24, 2.45) is 0 Å². The molecule has 4 heteroatoms. The van der Waals surface area contributed by atoms with Crippen LogP contribution in [0.25, 0.3) is 0 Å². The molecule has 0 atom stereocenters. The lowest BCUT2D eigenvalue weighted by atomic mass is 10.2. The van der Waals surface area contributed by atoms with Crippen molar-refractivity contribution in [3.05, 3.63) is 53.1 Å². The second-order valence-corrected chi connectivity index (χ2v) is 4.33. The first kappa shape index (κ1) is 13.6. The summed E-state index contributed by atoms with van der Waals surface area (Å²) in [5.41, 5.74) is 0.890. The quantitative estimate of drug-likeness (QED) is 0.829. The number of ether oxygens (including phenoxy) is 3. The summed E-state index contributed by atoms with van der Waals surface area (Å²) in [4.78, 5) is 0. The van der Waals surface area contributed by atoms with E-state index in [0.717, 1.165) is 11.3 Å². The molecule has 0 fully saturated rings. The van der Waals surface area contributed by atoms with Crippen LogP contribution in [0.3, 0.4) is 0 Å². The van der Waals surface area contributed by atoms with Crippen molar-refractivity contribution in [3.8, 4) is 17.2 Å². The van der Waals surface area contributed by atoms with E-state index in [-0.39, 0.29) is 0 Å². The van der Waals surface area contributed by atoms with Gasteiger partial charge in [0.25, 0.3) is 0 Å². The number of para-hydroxylation sites is 2. The highest BCUT2D eigenvalue weighted by Gasteiger charge is 2.07. The molecular weight excluding hydrogens is 264 g/mol. The van der Waals surface area contributed by atoms with Crippen LogP contribution in [0.5, 0.6) is 17.2 Å². The van der Waals surface area contributed by atoms with Crippen molar-refractivity contribution in [1.29, 1.82) is 0 Å². The zero-order valence-electron chi connectivity index (χ0n) is 10.9. The Hall–Kier alpha value is -1.87. The van der Waals surface area contributed by atoms with E-state index in [0.29, 0.717) is 23.1 Å². The van der Waals surface area contributed by atoms with Gasteiger partial charge < -0.3 is 14.2 Å². The van der Waals surface area contributed by atoms with Crippen LogP contribution < -0.4 is 14.2 Å². The molecule has 0 saturated carbocycles. The van der Waals surface area contributed by atoms with Crippen molar-refractivity contribution in [3.63, 3.8) is 0 Å². The van der Waals surface area contributed by atoms with Gasteiger partial charge in [-0.05, 0) is 30.3 Å². The molecule has 2 aromatic rings. The molecule has 0 amide bonds. The number of rotatable bonds is 5. The highest BCUT2D eigenvalue weighted by atomic mass is 35.5. The zero-order valence-corrected chi connectivity index (χ0v) is 11.6. The molecule has 3 nitrogen and oxygen atoms in total. The third-order valence-corrected chi connectivity index (χ3v) is 2.93. The molecule has 19 heavy (non-hydrogen) atoms. The van der Waals surface area contributed by atoms with Gasteiger partial charge in [0.2, 0.25) is 0 Å². The molecule has 0 saturated heterocycles. The van der Waals surface area contributed by atoms with Crippen LogP contribution in [0.1, 0.15) is 5.56 Å². The van der Waals surface area contributed by atoms with Crippen LogP contribution in [-0.2, 0) is 6.61 Å². The summed E-state index contributed by atoms with van der Waals surface area (Å²) in [7, 11) is 3.23. The van der Waals surface area contributed by atoms with Gasteiger partial charge in [-0.2, -0.15) is 0 Å². The molecule has 0 aliphatic heterocycles. The summed E-state index contributed by atoms with van der Waals surface area (Å²) in [6.45, 7) is 0.365. The average Bonchev–Trinajstić information content (AvgIpc) is 2.45. The van der Waals surface area contributed by atoms with Gasteiger partial charge in [-0.25, -0.2) is 0 Å². The Kier molecular flexibility index (Phi) is 4.53. The molecule has 0 heterocycles. The number of hydrogen-bond donors (Lipinski definition) is 0. The molecule has 100 valence electrons. The predicted octanol–water partition coefficient (Wildman–Crippen LogP) is 3.94. The van der Waals surface area contributed by atoms with E-state index in [1.54, 1.807) is 20.3 Å². The smallest absolute Gasteiger partial charge is 0.161 e. The first-order chi connectivity index (χ1) is 9.24. The average molecular weight is 279 g/mol. The Bertz CT molecular complexity index is 555. The summed E-state index contributed by atoms with van der Waals surface area (Å²) in [6.07, 6.45) is 0. The lowest BCUT2D eigenvalue weighted by Gasteiger charge is -2.12. The molecule has 0 aliphatic carbocycles. The van der Waals surface area contributed by atoms with E-state index < -0.39 is 0 Å². The van der Waals surface area contributed by atoms with Crippen LogP contribution >= 0.6 is 11.6 Å². The van der Waals surface area contributed by atoms with Crippen LogP contribution in [0.2, 0.25) is 5.02 Å². The number of methoxy groups -OCH3 is 2. The van der Waals surface area contributed by atoms with Gasteiger partial charge in [-0.15, -0.1) is 0 Å². The summed E-state index contributed by atoms with van der Waals surface area (Å²) >= 11 is 5.98. The molecule has 0 bridgehead atoms. The van der Waals surface area contributed by atoms with Crippen molar-refractivity contribution >= 4 is 11.6 Å². The standard InChI is InChI=1S/C15H15ClO3/c1-17-13-8-7-12(16)9-11(13)10-19-15-6-4-3-5-14(15)18-2/h3-9H,10H2,1-2H3. The topological polar surface area (TPSA) is 27.7 Å². The van der Waals surface area contributed by atoms with Gasteiger partial charge >= 0.3 is 0 Å². The lowest BCUT2D eigenvalue weighted by molar-refractivity contribution is 0.278. The van der Waals surface area contributed by atoms with Crippen LogP contribution in [0.15, 0.2) is 42.5 Å². The highest BCUT2D eigenvalue weighted by molar-refractivity contribution is 6.30. The number of benzene rings is 2. The Labute approximate surface area is 117 Å². The van der Waals surface area contributed by atoms with Gasteiger partial charge in [0.1, 0.15) is 12.4 Å². The predicted molar refractivity (Wildman–Crippen MR) is 75.3 cm³/mol. The first-order valence-corrected chi connectivity index (χ1v) is 6.20. The maximum absolute atomic E-state index is 5.98. The Morgan fingerprint density at radius 2 is 1.58 bits per heavy atom. The van der Waals surface area contributed by atoms with Crippen molar-refractivity contribution < 1.29 is 14.2 Å². The van der Waals surface area contributed by atoms with Gasteiger partial charge in [-0.3, -0.25) is 0 Å². The summed E-state index contributed by atoms with van der Waals surface area (Å²) in [6, 6.07) is 12.9. The van der Waals surface area contributed by atoms with E-state index in [1.165, 1.54) is 0 Å². The van der Waals surface area contributed by atoms with Crippen LogP contribution in [0, 0.1) is 0 Å². The van der Waals surface area contributed by atoms with Crippen LogP contribution in [0.4, 0.5) is 0 Å². The SMILES string of the molecule is COc1ccc(Cl)cc1COc1ccccc1OC. The van der Waals surface area contributed by atoms with Gasteiger partial charge in [0.05, 0.1) is 14.2 Å². The zero-order chi connectivity index (χ0) is 13.7. The normalized spacial score (nSPS) is 10.1. The highest BCUT2D eigenvalue weighted by Crippen LogP contribution is 2.29. The van der Waals surface area contributed by atoms with E-state index in [2.05, 4.69) is 0 Å². The molecule has 0 N–H and O–H groups in total. The number of hydrogen-bond acceptors (Lipinski definition) is 3. The Balaban J connectivity index is 2.16. The molecule has 0 unspecified atom stereocenters. The second kappa shape index (κ2) is 6.34. The van der Waals surface area contributed by atoms with Crippen molar-refractivity contribution in [1.82, 2.24) is 0 Å². The monoisotopic (exact) mass is 278 g/mol. The first-order valence-electron chi connectivity index (χ1n) is 5.83. The van der Waals surface area contributed by atoms with E-state index in [4.69, 9.17) is 25.8 Å². The minimum atomic E-state index is 0.365. The Morgan fingerprint density at radius 3 is 2.26 bits per heavy atom. The molecule has 0 aromatic heterocycles. The maximum Gasteiger partial charge on any atom is 0.161 e. The van der Waals surface area contributed by atoms with Crippen LogP contribution in [-0.4, -0.2) is 14.2 Å². The molecular formula is C15H15ClO3. The summed E-state index contributed by atoms with van der Waals surface area (Å²) in [5, 5.41) is 0.652. The molecule has 0 spiro atoms. The van der Waals surface area contributed by atoms with Gasteiger partial charge in [0, 0.05) is 10.6 Å². The third kappa shape index (κ3) is 3.32. The minimum absolute atomic E-state index is 0.365. The van der Waals surface area contributed by atoms with Crippen molar-refractivity contribution in [2.75, 3.05) is 14.2 Å². The largest absolute Gasteiger partial charge is 0.496 e. The van der Waals surface area contributed by atoms with Gasteiger partial charge in [-0.1, -0.05) is 23.7 Å². The second-order valence-electron chi connectivity index (χ2n) is 3.90. The Morgan fingerprint density at radius 1 is 0.895 bits per heavy atom. The van der Waals surface area contributed by atoms with Crippen molar-refractivity contribution in [2.45, 2.75) is 6.61 Å². The fourth-order valence-electron chi connectivity index (χ4n) is 1.75. The third-order valence-electron chi connectivity index (χ3n) is 2.69. The summed E-state index contributed by atoms with van der Waals surface area (Å²) < 4.78 is 16.3. The maximum atomic E-state index is 5.98. The number of halogens is 1. The molecule has 0 radical (unpaired) electrons. The van der Waals surface area contributed by atoms with E-state index in [9.17, 15) is 0 Å². The lowest BCUT2D eigenvalue weighted by Crippen LogP contribution is -2.00. The minimum Gasteiger partial charge on any atom is -0.496 e. The molecule has 2 rings (SSSR count). The van der Waals surface area contributed by atoms with E-state index >= 15 is 0 Å².